The third kappa shape index (κ3) is 3.62. The van der Waals surface area contributed by atoms with Gasteiger partial charge in [-0.3, -0.25) is 0 Å². The van der Waals surface area contributed by atoms with Crippen LogP contribution in [0.4, 0.5) is 0 Å². The van der Waals surface area contributed by atoms with E-state index in [-0.39, 0.29) is 6.61 Å². The van der Waals surface area contributed by atoms with Gasteiger partial charge in [-0.05, 0) is 12.5 Å². The summed E-state index contributed by atoms with van der Waals surface area (Å²) in [6, 6.07) is 7.65. The van der Waals surface area contributed by atoms with Gasteiger partial charge in [-0.15, -0.1) is 0 Å². The van der Waals surface area contributed by atoms with Crippen LogP contribution < -0.4 is 5.90 Å². The molecule has 1 atom stereocenters. The number of aliphatic hydroxyl groups excluding tert-OH is 1. The molecule has 0 spiro atoms. The minimum absolute atomic E-state index is 0.223. The number of aryl methyl sites for hydroxylation is 1. The van der Waals surface area contributed by atoms with Crippen molar-refractivity contribution in [3.63, 3.8) is 0 Å². The Balaban J connectivity index is 2.49. The average Bonchev–Trinajstić information content (AvgIpc) is 2.31. The molecular weight excluding hydrogens is 210 g/mol. The zero-order chi connectivity index (χ0) is 12.0. The predicted octanol–water partition coefficient (Wildman–Crippen LogP) is 0.289. The lowest BCUT2D eigenvalue weighted by atomic mass is 10.2. The molecular formula is C11H15NO4. The first kappa shape index (κ1) is 12.6. The molecule has 0 aliphatic heterocycles. The van der Waals surface area contributed by atoms with Crippen LogP contribution in [0.1, 0.15) is 11.1 Å². The molecule has 0 unspecified atom stereocenters. The molecule has 0 aromatic heterocycles. The number of nitrogens with two attached hydrogens (primary N) is 1. The fraction of sp³-hybridized carbons (Fsp3) is 0.364. The van der Waals surface area contributed by atoms with Gasteiger partial charge in [0, 0.05) is 0 Å². The van der Waals surface area contributed by atoms with Crippen LogP contribution in [0.5, 0.6) is 0 Å². The van der Waals surface area contributed by atoms with E-state index in [9.17, 15) is 4.79 Å². The lowest BCUT2D eigenvalue weighted by molar-refractivity contribution is -0.161. The Morgan fingerprint density at radius 1 is 1.44 bits per heavy atom. The first-order chi connectivity index (χ1) is 7.67. The number of carbonyl (C=O) groups is 1. The molecule has 16 heavy (non-hydrogen) atoms. The highest BCUT2D eigenvalue weighted by atomic mass is 16.7. The maximum Gasteiger partial charge on any atom is 0.356 e. The molecule has 0 aliphatic rings. The van der Waals surface area contributed by atoms with Gasteiger partial charge in [0.25, 0.3) is 0 Å². The summed E-state index contributed by atoms with van der Waals surface area (Å²) in [4.78, 5) is 15.0. The van der Waals surface area contributed by atoms with Gasteiger partial charge in [-0.1, -0.05) is 29.8 Å². The highest BCUT2D eigenvalue weighted by Crippen LogP contribution is 2.06. The van der Waals surface area contributed by atoms with E-state index in [1.54, 1.807) is 0 Å². The van der Waals surface area contributed by atoms with Crippen molar-refractivity contribution in [3.8, 4) is 0 Å². The zero-order valence-corrected chi connectivity index (χ0v) is 9.05. The monoisotopic (exact) mass is 225 g/mol. The molecule has 0 saturated carbocycles. The summed E-state index contributed by atoms with van der Waals surface area (Å²) in [5, 5.41) is 8.87. The van der Waals surface area contributed by atoms with E-state index in [1.165, 1.54) is 0 Å². The number of benzene rings is 1. The third-order valence-corrected chi connectivity index (χ3v) is 2.12. The summed E-state index contributed by atoms with van der Waals surface area (Å²) in [6.45, 7) is 1.75. The Morgan fingerprint density at radius 3 is 2.56 bits per heavy atom. The van der Waals surface area contributed by atoms with Crippen molar-refractivity contribution in [1.82, 2.24) is 0 Å². The van der Waals surface area contributed by atoms with Crippen LogP contribution in [0.3, 0.4) is 0 Å². The summed E-state index contributed by atoms with van der Waals surface area (Å²) in [6.07, 6.45) is -1.04. The van der Waals surface area contributed by atoms with Crippen molar-refractivity contribution >= 4 is 5.97 Å². The second-order valence-electron chi connectivity index (χ2n) is 3.40. The molecule has 1 aromatic carbocycles. The van der Waals surface area contributed by atoms with Crippen molar-refractivity contribution in [3.05, 3.63) is 35.4 Å². The van der Waals surface area contributed by atoms with E-state index in [0.717, 1.165) is 11.1 Å². The summed E-state index contributed by atoms with van der Waals surface area (Å²) < 4.78 is 5.17. The fourth-order valence-corrected chi connectivity index (χ4v) is 1.15. The van der Waals surface area contributed by atoms with E-state index < -0.39 is 18.7 Å². The van der Waals surface area contributed by atoms with Gasteiger partial charge in [0.05, 0.1) is 13.2 Å². The Hall–Kier alpha value is -1.43. The molecule has 5 nitrogen and oxygen atoms in total. The summed E-state index contributed by atoms with van der Waals surface area (Å²) in [5.41, 5.74) is 2.05. The Bertz CT molecular complexity index is 336. The number of rotatable bonds is 5. The van der Waals surface area contributed by atoms with Crippen LogP contribution in [0.25, 0.3) is 0 Å². The van der Waals surface area contributed by atoms with E-state index in [2.05, 4.69) is 4.84 Å². The minimum Gasteiger partial charge on any atom is -0.393 e. The number of aliphatic hydroxyl groups is 1. The highest BCUT2D eigenvalue weighted by molar-refractivity contribution is 5.74. The molecule has 1 aromatic rings. The van der Waals surface area contributed by atoms with E-state index >= 15 is 0 Å². The van der Waals surface area contributed by atoms with Gasteiger partial charge >= 0.3 is 5.97 Å². The van der Waals surface area contributed by atoms with Gasteiger partial charge < -0.3 is 14.7 Å². The maximum atomic E-state index is 11.0. The molecule has 0 aliphatic carbocycles. The van der Waals surface area contributed by atoms with E-state index in [0.29, 0.717) is 0 Å². The van der Waals surface area contributed by atoms with Crippen LogP contribution >= 0.6 is 0 Å². The molecule has 0 fully saturated rings. The smallest absolute Gasteiger partial charge is 0.356 e. The molecule has 1 rings (SSSR count). The molecule has 0 heterocycles. The largest absolute Gasteiger partial charge is 0.393 e. The van der Waals surface area contributed by atoms with Gasteiger partial charge in [0.15, 0.2) is 6.10 Å². The summed E-state index contributed by atoms with van der Waals surface area (Å²) in [5.74, 6) is 3.91. The Kier molecular flexibility index (Phi) is 4.91. The topological polar surface area (TPSA) is 81.8 Å². The van der Waals surface area contributed by atoms with Crippen molar-refractivity contribution in [2.45, 2.75) is 19.6 Å². The molecule has 0 saturated heterocycles. The molecule has 0 bridgehead atoms. The van der Waals surface area contributed by atoms with E-state index in [1.807, 2.05) is 31.2 Å². The third-order valence-electron chi connectivity index (χ3n) is 2.12. The average molecular weight is 225 g/mol. The first-order valence-corrected chi connectivity index (χ1v) is 4.86. The first-order valence-electron chi connectivity index (χ1n) is 4.86. The van der Waals surface area contributed by atoms with Crippen LogP contribution in [0.15, 0.2) is 24.3 Å². The van der Waals surface area contributed by atoms with Gasteiger partial charge in [-0.2, -0.15) is 5.90 Å². The molecule has 0 radical (unpaired) electrons. The minimum atomic E-state index is -1.04. The van der Waals surface area contributed by atoms with Crippen LogP contribution in [0.2, 0.25) is 0 Å². The highest BCUT2D eigenvalue weighted by Gasteiger charge is 2.19. The van der Waals surface area contributed by atoms with Gasteiger partial charge in [-0.25, -0.2) is 4.79 Å². The number of ether oxygens (including phenoxy) is 1. The van der Waals surface area contributed by atoms with Crippen molar-refractivity contribution < 1.29 is 19.5 Å². The normalized spacial score (nSPS) is 12.2. The van der Waals surface area contributed by atoms with Gasteiger partial charge in [0.1, 0.15) is 0 Å². The lowest BCUT2D eigenvalue weighted by Crippen LogP contribution is -2.31. The SMILES string of the molecule is Cc1ccc(CO[C@H](CO)C(=O)ON)cc1. The van der Waals surface area contributed by atoms with Crippen molar-refractivity contribution in [2.24, 2.45) is 5.90 Å². The summed E-state index contributed by atoms with van der Waals surface area (Å²) in [7, 11) is 0. The van der Waals surface area contributed by atoms with E-state index in [4.69, 9.17) is 15.7 Å². The number of hydrogen-bond acceptors (Lipinski definition) is 5. The predicted molar refractivity (Wildman–Crippen MR) is 57.1 cm³/mol. The lowest BCUT2D eigenvalue weighted by Gasteiger charge is -2.12. The fourth-order valence-electron chi connectivity index (χ4n) is 1.15. The quantitative estimate of drug-likeness (QED) is 0.704. The van der Waals surface area contributed by atoms with Crippen LogP contribution in [0, 0.1) is 6.92 Å². The van der Waals surface area contributed by atoms with Gasteiger partial charge in [0.2, 0.25) is 0 Å². The second-order valence-corrected chi connectivity index (χ2v) is 3.40. The molecule has 5 heteroatoms. The summed E-state index contributed by atoms with van der Waals surface area (Å²) >= 11 is 0. The Labute approximate surface area is 93.7 Å². The van der Waals surface area contributed by atoms with Crippen LogP contribution in [-0.4, -0.2) is 23.8 Å². The van der Waals surface area contributed by atoms with Crippen LogP contribution in [-0.2, 0) is 21.0 Å². The van der Waals surface area contributed by atoms with Crippen molar-refractivity contribution in [2.75, 3.05) is 6.61 Å². The van der Waals surface area contributed by atoms with Crippen molar-refractivity contribution in [1.29, 1.82) is 0 Å². The zero-order valence-electron chi connectivity index (χ0n) is 9.05. The Morgan fingerprint density at radius 2 is 2.06 bits per heavy atom. The standard InChI is InChI=1S/C11H15NO4/c1-8-2-4-9(5-3-8)7-15-10(6-13)11(14)16-12/h2-5,10,13H,6-7,12H2,1H3/t10-/m1/s1. The molecule has 3 N–H and O–H groups in total. The number of carbonyl (C=O) groups excluding carboxylic acids is 1. The number of hydrogen-bond donors (Lipinski definition) is 2. The molecule has 0 amide bonds. The maximum absolute atomic E-state index is 11.0. The molecule has 88 valence electrons. The second kappa shape index (κ2) is 6.22.